The van der Waals surface area contributed by atoms with Crippen molar-refractivity contribution >= 4 is 17.5 Å². The van der Waals surface area contributed by atoms with Gasteiger partial charge in [0.25, 0.3) is 5.91 Å². The molecule has 0 saturated carbocycles. The number of nitrogens with zero attached hydrogens (tertiary/aromatic N) is 1. The fourth-order valence-electron chi connectivity index (χ4n) is 2.82. The molecule has 2 rings (SSSR count). The summed E-state index contributed by atoms with van der Waals surface area (Å²) in [5, 5.41) is 3.60. The molecule has 0 aliphatic rings. The average molecular weight is 431 g/mol. The summed E-state index contributed by atoms with van der Waals surface area (Å²) in [6.07, 6.45) is 8.36. The molecule has 1 heterocycles. The molecule has 5 nitrogen and oxygen atoms in total. The number of aryl methyl sites for hydroxylation is 1. The number of oxazole rings is 1. The van der Waals surface area contributed by atoms with Crippen LogP contribution in [-0.2, 0) is 0 Å². The number of halogens is 1. The normalized spacial score (nSPS) is 11.4. The molecule has 0 fully saturated rings. The summed E-state index contributed by atoms with van der Waals surface area (Å²) in [6, 6.07) is 5.59. The van der Waals surface area contributed by atoms with Gasteiger partial charge in [-0.15, -0.1) is 0 Å². The Morgan fingerprint density at radius 1 is 1.37 bits per heavy atom. The molecule has 0 atom stereocenters. The molecule has 30 heavy (non-hydrogen) atoms. The zero-order valence-corrected chi connectivity index (χ0v) is 19.2. The molecule has 2 aromatic rings. The summed E-state index contributed by atoms with van der Waals surface area (Å²) >= 11 is 5.93. The molecule has 1 amide bonds. The fourth-order valence-corrected chi connectivity index (χ4v) is 2.96. The van der Waals surface area contributed by atoms with Gasteiger partial charge in [0, 0.05) is 17.1 Å². The maximum atomic E-state index is 12.5. The van der Waals surface area contributed by atoms with E-state index in [1.54, 1.807) is 13.2 Å². The number of hydrogen-bond acceptors (Lipinski definition) is 4. The molecule has 0 saturated heterocycles. The minimum atomic E-state index is -0.268. The third-order valence-electron chi connectivity index (χ3n) is 4.08. The predicted molar refractivity (Wildman–Crippen MR) is 124 cm³/mol. The maximum absolute atomic E-state index is 12.5. The number of allylic oxidation sites excluding steroid dienone is 5. The Morgan fingerprint density at radius 3 is 2.70 bits per heavy atom. The van der Waals surface area contributed by atoms with Crippen LogP contribution < -0.4 is 10.1 Å². The topological polar surface area (TPSA) is 64.4 Å². The Morgan fingerprint density at radius 2 is 2.10 bits per heavy atom. The molecule has 1 N–H and O–H groups in total. The molecule has 1 aromatic carbocycles. The van der Waals surface area contributed by atoms with Gasteiger partial charge in [-0.25, -0.2) is 4.98 Å². The van der Waals surface area contributed by atoms with Gasteiger partial charge >= 0.3 is 0 Å². The highest BCUT2D eigenvalue weighted by molar-refractivity contribution is 6.29. The second-order valence-electron chi connectivity index (χ2n) is 6.28. The van der Waals surface area contributed by atoms with Crippen molar-refractivity contribution in [2.24, 2.45) is 0 Å². The van der Waals surface area contributed by atoms with Crippen LogP contribution in [0.3, 0.4) is 0 Å². The summed E-state index contributed by atoms with van der Waals surface area (Å²) in [6.45, 7) is 12.0. The van der Waals surface area contributed by atoms with E-state index in [2.05, 4.69) is 16.9 Å². The fraction of sp³-hybridized carbons (Fsp3) is 0.333. The van der Waals surface area contributed by atoms with Crippen LogP contribution in [0.2, 0.25) is 0 Å². The molecule has 0 aliphatic heterocycles. The molecule has 0 unspecified atom stereocenters. The summed E-state index contributed by atoms with van der Waals surface area (Å²) in [7, 11) is 1.62. The van der Waals surface area contributed by atoms with Gasteiger partial charge in [-0.05, 0) is 62.1 Å². The lowest BCUT2D eigenvalue weighted by atomic mass is 10.1. The van der Waals surface area contributed by atoms with Crippen molar-refractivity contribution in [2.75, 3.05) is 13.7 Å². The summed E-state index contributed by atoms with van der Waals surface area (Å²) in [5.41, 5.74) is 3.06. The first-order chi connectivity index (χ1) is 14.5. The van der Waals surface area contributed by atoms with Gasteiger partial charge in [0.1, 0.15) is 5.75 Å². The van der Waals surface area contributed by atoms with E-state index in [1.165, 1.54) is 6.39 Å². The number of hydrogen-bond donors (Lipinski definition) is 1. The molecular formula is C24H31ClN2O3. The Balaban J connectivity index is 0.00000218. The van der Waals surface area contributed by atoms with Crippen molar-refractivity contribution in [3.63, 3.8) is 0 Å². The number of carbonyl (C=O) groups is 1. The van der Waals surface area contributed by atoms with Gasteiger partial charge < -0.3 is 14.5 Å². The van der Waals surface area contributed by atoms with E-state index in [4.69, 9.17) is 20.8 Å². The molecule has 162 valence electrons. The SMILES string of the molecule is C=C/C=C(\C=C(/C)Cl)CCCNC(=O)c1ncoc1-c1ccc(OC)c(C)c1.CC. The van der Waals surface area contributed by atoms with E-state index in [9.17, 15) is 4.79 Å². The predicted octanol–water partition coefficient (Wildman–Crippen LogP) is 6.45. The molecule has 0 aliphatic carbocycles. The van der Waals surface area contributed by atoms with Crippen molar-refractivity contribution in [1.82, 2.24) is 10.3 Å². The highest BCUT2D eigenvalue weighted by Crippen LogP contribution is 2.28. The van der Waals surface area contributed by atoms with E-state index in [0.29, 0.717) is 17.3 Å². The largest absolute Gasteiger partial charge is 0.496 e. The third-order valence-corrected chi connectivity index (χ3v) is 4.19. The maximum Gasteiger partial charge on any atom is 0.273 e. The van der Waals surface area contributed by atoms with Crippen LogP contribution in [0.1, 0.15) is 49.7 Å². The van der Waals surface area contributed by atoms with Crippen molar-refractivity contribution < 1.29 is 13.9 Å². The summed E-state index contributed by atoms with van der Waals surface area (Å²) in [4.78, 5) is 16.6. The number of amides is 1. The summed E-state index contributed by atoms with van der Waals surface area (Å²) in [5.74, 6) is 0.950. The highest BCUT2D eigenvalue weighted by atomic mass is 35.5. The van der Waals surface area contributed by atoms with Crippen molar-refractivity contribution in [3.05, 3.63) is 71.3 Å². The van der Waals surface area contributed by atoms with Crippen LogP contribution >= 0.6 is 11.6 Å². The van der Waals surface area contributed by atoms with Crippen LogP contribution in [0.15, 0.2) is 64.4 Å². The number of carbonyl (C=O) groups excluding carboxylic acids is 1. The number of rotatable bonds is 9. The molecule has 0 spiro atoms. The summed E-state index contributed by atoms with van der Waals surface area (Å²) < 4.78 is 10.7. The number of methoxy groups -OCH3 is 1. The smallest absolute Gasteiger partial charge is 0.273 e. The monoisotopic (exact) mass is 430 g/mol. The van der Waals surface area contributed by atoms with Crippen molar-refractivity contribution in [3.8, 4) is 17.1 Å². The van der Waals surface area contributed by atoms with E-state index in [-0.39, 0.29) is 11.6 Å². The Bertz CT molecular complexity index is 894. The Hall–Kier alpha value is -2.79. The number of aromatic nitrogens is 1. The van der Waals surface area contributed by atoms with E-state index >= 15 is 0 Å². The lowest BCUT2D eigenvalue weighted by Gasteiger charge is -2.08. The number of ether oxygens (including phenoxy) is 1. The van der Waals surface area contributed by atoms with Crippen LogP contribution in [-0.4, -0.2) is 24.5 Å². The van der Waals surface area contributed by atoms with Crippen LogP contribution in [0.4, 0.5) is 0 Å². The minimum Gasteiger partial charge on any atom is -0.496 e. The first kappa shape index (κ1) is 25.2. The second kappa shape index (κ2) is 13.4. The molecule has 0 bridgehead atoms. The van der Waals surface area contributed by atoms with E-state index in [0.717, 1.165) is 35.3 Å². The third kappa shape index (κ3) is 7.56. The average Bonchev–Trinajstić information content (AvgIpc) is 3.22. The van der Waals surface area contributed by atoms with Gasteiger partial charge in [-0.2, -0.15) is 0 Å². The van der Waals surface area contributed by atoms with Gasteiger partial charge in [-0.3, -0.25) is 4.79 Å². The first-order valence-electron chi connectivity index (χ1n) is 9.98. The van der Waals surface area contributed by atoms with Crippen molar-refractivity contribution in [2.45, 2.75) is 40.5 Å². The lowest BCUT2D eigenvalue weighted by molar-refractivity contribution is 0.0949. The minimum absolute atomic E-state index is 0.267. The van der Waals surface area contributed by atoms with Gasteiger partial charge in [0.05, 0.1) is 7.11 Å². The van der Waals surface area contributed by atoms with Gasteiger partial charge in [0.15, 0.2) is 17.8 Å². The quantitative estimate of drug-likeness (QED) is 0.366. The highest BCUT2D eigenvalue weighted by Gasteiger charge is 2.18. The Kier molecular flexibility index (Phi) is 11.3. The van der Waals surface area contributed by atoms with Gasteiger partial charge in [0.2, 0.25) is 0 Å². The standard InChI is InChI=1S/C22H25ClN2O3.C2H6/c1-5-7-17(13-16(3)23)8-6-11-24-22(26)20-21(28-14-25-20)18-9-10-19(27-4)15(2)12-18;1-2/h5,7,9-10,12-14H,1,6,8,11H2,2-4H3,(H,24,26);1-2H3/b16-13+,17-7-;. The van der Waals surface area contributed by atoms with Crippen molar-refractivity contribution in [1.29, 1.82) is 0 Å². The zero-order chi connectivity index (χ0) is 22.5. The van der Waals surface area contributed by atoms with Gasteiger partial charge in [-0.1, -0.05) is 44.2 Å². The molecule has 0 radical (unpaired) electrons. The van der Waals surface area contributed by atoms with E-state index in [1.807, 2.05) is 58.0 Å². The molecule has 1 aromatic heterocycles. The lowest BCUT2D eigenvalue weighted by Crippen LogP contribution is -2.25. The first-order valence-corrected chi connectivity index (χ1v) is 10.4. The Labute approximate surface area is 184 Å². The van der Waals surface area contributed by atoms with Crippen LogP contribution in [0.5, 0.6) is 5.75 Å². The molecular weight excluding hydrogens is 400 g/mol. The molecule has 6 heteroatoms. The number of benzene rings is 1. The van der Waals surface area contributed by atoms with Crippen LogP contribution in [0, 0.1) is 6.92 Å². The number of nitrogens with one attached hydrogen (secondary N) is 1. The van der Waals surface area contributed by atoms with E-state index < -0.39 is 0 Å². The van der Waals surface area contributed by atoms with Crippen LogP contribution in [0.25, 0.3) is 11.3 Å². The second-order valence-corrected chi connectivity index (χ2v) is 6.88. The zero-order valence-electron chi connectivity index (χ0n) is 18.4.